The van der Waals surface area contributed by atoms with Crippen LogP contribution in [0, 0.1) is 5.92 Å². The standard InChI is InChI=1S/C10H18O5S/c1-2-16(12,13)7-10(8-3-4-8)14-6-9(5-11)15-10/h8-9,11H,2-7H2,1H3/t9-,10-/m0/s1. The number of aliphatic hydroxyl groups excluding tert-OH is 1. The van der Waals surface area contributed by atoms with E-state index in [-0.39, 0.29) is 36.7 Å². The average Bonchev–Trinajstić information content (AvgIpc) is 3.02. The summed E-state index contributed by atoms with van der Waals surface area (Å²) in [6.07, 6.45) is 1.50. The van der Waals surface area contributed by atoms with Gasteiger partial charge < -0.3 is 14.6 Å². The van der Waals surface area contributed by atoms with Crippen molar-refractivity contribution in [2.24, 2.45) is 5.92 Å². The molecule has 1 aliphatic heterocycles. The van der Waals surface area contributed by atoms with Gasteiger partial charge in [-0.25, -0.2) is 8.42 Å². The van der Waals surface area contributed by atoms with Gasteiger partial charge in [-0.3, -0.25) is 0 Å². The summed E-state index contributed by atoms with van der Waals surface area (Å²) in [5.41, 5.74) is 0. The first-order chi connectivity index (χ1) is 7.51. The summed E-state index contributed by atoms with van der Waals surface area (Å²) in [6, 6.07) is 0. The van der Waals surface area contributed by atoms with E-state index in [9.17, 15) is 8.42 Å². The monoisotopic (exact) mass is 250 g/mol. The molecule has 2 fully saturated rings. The Morgan fingerprint density at radius 2 is 2.12 bits per heavy atom. The van der Waals surface area contributed by atoms with Crippen molar-refractivity contribution in [2.75, 3.05) is 24.7 Å². The van der Waals surface area contributed by atoms with Gasteiger partial charge in [0.2, 0.25) is 0 Å². The van der Waals surface area contributed by atoms with Crippen molar-refractivity contribution in [1.29, 1.82) is 0 Å². The molecule has 5 nitrogen and oxygen atoms in total. The molecule has 0 bridgehead atoms. The molecule has 0 aromatic rings. The molecule has 2 aliphatic rings. The molecule has 1 aliphatic carbocycles. The van der Waals surface area contributed by atoms with Crippen molar-refractivity contribution >= 4 is 9.84 Å². The molecule has 0 unspecified atom stereocenters. The maximum Gasteiger partial charge on any atom is 0.185 e. The van der Waals surface area contributed by atoms with Crippen molar-refractivity contribution in [3.63, 3.8) is 0 Å². The Bertz CT molecular complexity index is 348. The molecule has 0 radical (unpaired) electrons. The highest BCUT2D eigenvalue weighted by Gasteiger charge is 2.54. The van der Waals surface area contributed by atoms with E-state index < -0.39 is 15.6 Å². The lowest BCUT2D eigenvalue weighted by molar-refractivity contribution is -0.169. The van der Waals surface area contributed by atoms with Gasteiger partial charge >= 0.3 is 0 Å². The van der Waals surface area contributed by atoms with Gasteiger partial charge in [0.1, 0.15) is 11.9 Å². The Balaban J connectivity index is 2.12. The van der Waals surface area contributed by atoms with Gasteiger partial charge in [0.05, 0.1) is 13.2 Å². The number of aliphatic hydroxyl groups is 1. The van der Waals surface area contributed by atoms with E-state index in [1.54, 1.807) is 6.92 Å². The van der Waals surface area contributed by atoms with Crippen LogP contribution in [0.2, 0.25) is 0 Å². The second-order valence-electron chi connectivity index (χ2n) is 4.50. The van der Waals surface area contributed by atoms with Crippen molar-refractivity contribution in [2.45, 2.75) is 31.7 Å². The van der Waals surface area contributed by atoms with Gasteiger partial charge in [-0.15, -0.1) is 0 Å². The Morgan fingerprint density at radius 3 is 2.56 bits per heavy atom. The maximum atomic E-state index is 11.7. The van der Waals surface area contributed by atoms with Crippen LogP contribution < -0.4 is 0 Å². The molecule has 1 N–H and O–H groups in total. The van der Waals surface area contributed by atoms with Crippen molar-refractivity contribution < 1.29 is 23.0 Å². The van der Waals surface area contributed by atoms with Gasteiger partial charge in [-0.05, 0) is 12.8 Å². The topological polar surface area (TPSA) is 72.8 Å². The molecular formula is C10H18O5S. The normalized spacial score (nSPS) is 35.5. The second-order valence-corrected chi connectivity index (χ2v) is 6.85. The molecule has 16 heavy (non-hydrogen) atoms. The lowest BCUT2D eigenvalue weighted by Gasteiger charge is -2.27. The van der Waals surface area contributed by atoms with Crippen molar-refractivity contribution in [3.8, 4) is 0 Å². The first-order valence-electron chi connectivity index (χ1n) is 5.64. The summed E-state index contributed by atoms with van der Waals surface area (Å²) in [6.45, 7) is 1.78. The molecule has 2 rings (SSSR count). The van der Waals surface area contributed by atoms with Crippen LogP contribution in [0.25, 0.3) is 0 Å². The Hall–Kier alpha value is -0.170. The third kappa shape index (κ3) is 2.40. The van der Waals surface area contributed by atoms with Crippen LogP contribution in [0.1, 0.15) is 19.8 Å². The minimum Gasteiger partial charge on any atom is -0.394 e. The SMILES string of the molecule is CCS(=O)(=O)C[C@]1(C2CC2)OC[C@H](CO)O1. The first-order valence-corrected chi connectivity index (χ1v) is 7.46. The number of hydrogen-bond acceptors (Lipinski definition) is 5. The van der Waals surface area contributed by atoms with E-state index in [2.05, 4.69) is 0 Å². The minimum absolute atomic E-state index is 0.0856. The Labute approximate surface area is 95.7 Å². The highest BCUT2D eigenvalue weighted by atomic mass is 32.2. The molecule has 0 aromatic carbocycles. The van der Waals surface area contributed by atoms with Crippen LogP contribution in [0.15, 0.2) is 0 Å². The van der Waals surface area contributed by atoms with Crippen LogP contribution in [0.4, 0.5) is 0 Å². The fourth-order valence-electron chi connectivity index (χ4n) is 2.01. The summed E-state index contributed by atoms with van der Waals surface area (Å²) in [5.74, 6) is -0.803. The average molecular weight is 250 g/mol. The van der Waals surface area contributed by atoms with E-state index in [1.165, 1.54) is 0 Å². The maximum absolute atomic E-state index is 11.7. The third-order valence-electron chi connectivity index (χ3n) is 3.14. The first kappa shape index (κ1) is 12.3. The van der Waals surface area contributed by atoms with Gasteiger partial charge in [-0.2, -0.15) is 0 Å². The van der Waals surface area contributed by atoms with E-state index in [0.717, 1.165) is 12.8 Å². The van der Waals surface area contributed by atoms with Crippen LogP contribution >= 0.6 is 0 Å². The number of sulfone groups is 1. The molecular weight excluding hydrogens is 232 g/mol. The fourth-order valence-corrected chi connectivity index (χ4v) is 3.22. The third-order valence-corrected chi connectivity index (χ3v) is 4.87. The van der Waals surface area contributed by atoms with Crippen LogP contribution in [0.3, 0.4) is 0 Å². The largest absolute Gasteiger partial charge is 0.394 e. The van der Waals surface area contributed by atoms with Crippen LogP contribution in [-0.2, 0) is 19.3 Å². The van der Waals surface area contributed by atoms with Gasteiger partial charge in [-0.1, -0.05) is 6.92 Å². The molecule has 6 heteroatoms. The lowest BCUT2D eigenvalue weighted by Crippen LogP contribution is -2.42. The molecule has 0 amide bonds. The second kappa shape index (κ2) is 4.25. The van der Waals surface area contributed by atoms with Crippen molar-refractivity contribution in [3.05, 3.63) is 0 Å². The zero-order chi connectivity index (χ0) is 11.8. The smallest absolute Gasteiger partial charge is 0.185 e. The number of ether oxygens (including phenoxy) is 2. The summed E-state index contributed by atoms with van der Waals surface area (Å²) < 4.78 is 34.5. The molecule has 1 saturated heterocycles. The highest BCUT2D eigenvalue weighted by molar-refractivity contribution is 7.91. The van der Waals surface area contributed by atoms with Gasteiger partial charge in [0.25, 0.3) is 0 Å². The summed E-state index contributed by atoms with van der Waals surface area (Å²) in [5, 5.41) is 9.00. The molecule has 94 valence electrons. The molecule has 1 saturated carbocycles. The quantitative estimate of drug-likeness (QED) is 0.739. The minimum atomic E-state index is -3.13. The predicted molar refractivity (Wildman–Crippen MR) is 57.7 cm³/mol. The fraction of sp³-hybridized carbons (Fsp3) is 1.00. The van der Waals surface area contributed by atoms with Gasteiger partial charge in [0.15, 0.2) is 15.6 Å². The zero-order valence-electron chi connectivity index (χ0n) is 9.39. The molecule has 0 aromatic heterocycles. The van der Waals surface area contributed by atoms with Crippen LogP contribution in [0.5, 0.6) is 0 Å². The molecule has 0 spiro atoms. The molecule has 2 atom stereocenters. The Morgan fingerprint density at radius 1 is 1.44 bits per heavy atom. The van der Waals surface area contributed by atoms with Crippen LogP contribution in [-0.4, -0.2) is 50.1 Å². The summed E-state index contributed by atoms with van der Waals surface area (Å²) >= 11 is 0. The molecule has 1 heterocycles. The Kier molecular flexibility index (Phi) is 3.27. The highest BCUT2D eigenvalue weighted by Crippen LogP contribution is 2.46. The van der Waals surface area contributed by atoms with Crippen molar-refractivity contribution in [1.82, 2.24) is 0 Å². The number of hydrogen-bond donors (Lipinski definition) is 1. The van der Waals surface area contributed by atoms with E-state index in [0.29, 0.717) is 0 Å². The van der Waals surface area contributed by atoms with E-state index in [4.69, 9.17) is 14.6 Å². The predicted octanol–water partition coefficient (Wildman–Crippen LogP) is -0.0649. The summed E-state index contributed by atoms with van der Waals surface area (Å²) in [4.78, 5) is 0. The number of rotatable bonds is 5. The van der Waals surface area contributed by atoms with E-state index >= 15 is 0 Å². The lowest BCUT2D eigenvalue weighted by atomic mass is 10.2. The summed E-state index contributed by atoms with van der Waals surface area (Å²) in [7, 11) is -3.13. The van der Waals surface area contributed by atoms with Gasteiger partial charge in [0, 0.05) is 11.7 Å². The van der Waals surface area contributed by atoms with E-state index in [1.807, 2.05) is 0 Å². The zero-order valence-corrected chi connectivity index (χ0v) is 10.2.